The molecule has 0 radical (unpaired) electrons. The van der Waals surface area contributed by atoms with Gasteiger partial charge in [-0.05, 0) is 6.07 Å². The molecule has 13 heavy (non-hydrogen) atoms. The van der Waals surface area contributed by atoms with Gasteiger partial charge < -0.3 is 9.47 Å². The summed E-state index contributed by atoms with van der Waals surface area (Å²) in [7, 11) is 0. The second-order valence-electron chi connectivity index (χ2n) is 3.01. The maximum absolute atomic E-state index is 5.56. The molecule has 0 aromatic heterocycles. The van der Waals surface area contributed by atoms with Crippen molar-refractivity contribution in [1.29, 1.82) is 0 Å². The van der Waals surface area contributed by atoms with E-state index in [9.17, 15) is 0 Å². The zero-order valence-corrected chi connectivity index (χ0v) is 7.40. The van der Waals surface area contributed by atoms with Gasteiger partial charge in [-0.3, -0.25) is 0 Å². The van der Waals surface area contributed by atoms with E-state index in [1.807, 2.05) is 24.3 Å². The topological polar surface area (TPSA) is 21.8 Å². The highest BCUT2D eigenvalue weighted by Crippen LogP contribution is 2.20. The molecule has 0 saturated carbocycles. The largest absolute Gasteiger partial charge is 0.490 e. The van der Waals surface area contributed by atoms with Gasteiger partial charge in [0.2, 0.25) is 0 Å². The minimum atomic E-state index is 0.304. The molecule has 1 aromatic rings. The Kier molecular flexibility index (Phi) is 2.32. The number of epoxide rings is 1. The number of rotatable bonds is 4. The van der Waals surface area contributed by atoms with Crippen LogP contribution < -0.4 is 4.74 Å². The molecular weight excluding hydrogens is 164 g/mol. The molecule has 2 nitrogen and oxygen atoms in total. The molecule has 0 N–H and O–H groups in total. The van der Waals surface area contributed by atoms with Crippen LogP contribution in [0.15, 0.2) is 30.8 Å². The first-order valence-electron chi connectivity index (χ1n) is 4.36. The van der Waals surface area contributed by atoms with Crippen molar-refractivity contribution >= 4 is 6.08 Å². The Bertz CT molecular complexity index is 303. The Morgan fingerprint density at radius 3 is 3.00 bits per heavy atom. The van der Waals surface area contributed by atoms with Gasteiger partial charge in [0.05, 0.1) is 6.61 Å². The van der Waals surface area contributed by atoms with Crippen molar-refractivity contribution in [2.75, 3.05) is 13.2 Å². The van der Waals surface area contributed by atoms with E-state index in [2.05, 4.69) is 6.58 Å². The average molecular weight is 176 g/mol. The van der Waals surface area contributed by atoms with Crippen molar-refractivity contribution in [3.8, 4) is 5.75 Å². The summed E-state index contributed by atoms with van der Waals surface area (Å²) in [4.78, 5) is 0. The number of para-hydroxylation sites is 1. The molecule has 0 bridgehead atoms. The van der Waals surface area contributed by atoms with Crippen LogP contribution in [0.1, 0.15) is 5.56 Å². The van der Waals surface area contributed by atoms with E-state index in [1.54, 1.807) is 6.08 Å². The highest BCUT2D eigenvalue weighted by atomic mass is 16.6. The van der Waals surface area contributed by atoms with Gasteiger partial charge in [-0.15, -0.1) is 0 Å². The fourth-order valence-corrected chi connectivity index (χ4v) is 1.13. The molecule has 2 heteroatoms. The molecule has 1 heterocycles. The molecule has 2 rings (SSSR count). The summed E-state index contributed by atoms with van der Waals surface area (Å²) in [5.41, 5.74) is 1.03. The minimum absolute atomic E-state index is 0.304. The third-order valence-electron chi connectivity index (χ3n) is 1.97. The Hall–Kier alpha value is -1.28. The summed E-state index contributed by atoms with van der Waals surface area (Å²) in [6, 6.07) is 7.85. The van der Waals surface area contributed by atoms with Crippen LogP contribution >= 0.6 is 0 Å². The van der Waals surface area contributed by atoms with Crippen molar-refractivity contribution < 1.29 is 9.47 Å². The first-order chi connectivity index (χ1) is 6.40. The fourth-order valence-electron chi connectivity index (χ4n) is 1.13. The van der Waals surface area contributed by atoms with Crippen LogP contribution in [0.2, 0.25) is 0 Å². The van der Waals surface area contributed by atoms with Crippen molar-refractivity contribution in [3.05, 3.63) is 36.4 Å². The summed E-state index contributed by atoms with van der Waals surface area (Å²) < 4.78 is 10.6. The first kappa shape index (κ1) is 8.32. The van der Waals surface area contributed by atoms with E-state index >= 15 is 0 Å². The van der Waals surface area contributed by atoms with E-state index in [0.29, 0.717) is 12.7 Å². The van der Waals surface area contributed by atoms with Crippen LogP contribution in [0.25, 0.3) is 6.08 Å². The molecular formula is C11H12O2. The summed E-state index contributed by atoms with van der Waals surface area (Å²) in [6.07, 6.45) is 2.10. The molecule has 0 aliphatic carbocycles. The van der Waals surface area contributed by atoms with Gasteiger partial charge in [-0.25, -0.2) is 0 Å². The lowest BCUT2D eigenvalue weighted by Crippen LogP contribution is -2.04. The van der Waals surface area contributed by atoms with Crippen LogP contribution in [0.5, 0.6) is 5.75 Å². The van der Waals surface area contributed by atoms with Crippen LogP contribution in [-0.2, 0) is 4.74 Å². The number of ether oxygens (including phenoxy) is 2. The molecule has 68 valence electrons. The van der Waals surface area contributed by atoms with E-state index in [-0.39, 0.29) is 0 Å². The summed E-state index contributed by atoms with van der Waals surface area (Å²) >= 11 is 0. The van der Waals surface area contributed by atoms with Gasteiger partial charge in [-0.2, -0.15) is 0 Å². The van der Waals surface area contributed by atoms with Crippen molar-refractivity contribution in [3.63, 3.8) is 0 Å². The lowest BCUT2D eigenvalue weighted by atomic mass is 10.2. The van der Waals surface area contributed by atoms with E-state index in [1.165, 1.54) is 0 Å². The zero-order valence-electron chi connectivity index (χ0n) is 7.40. The van der Waals surface area contributed by atoms with Gasteiger partial charge in [0.15, 0.2) is 0 Å². The molecule has 1 atom stereocenters. The predicted octanol–water partition coefficient (Wildman–Crippen LogP) is 2.11. The lowest BCUT2D eigenvalue weighted by Gasteiger charge is -2.06. The van der Waals surface area contributed by atoms with Crippen LogP contribution in [0, 0.1) is 0 Å². The van der Waals surface area contributed by atoms with E-state index in [4.69, 9.17) is 9.47 Å². The van der Waals surface area contributed by atoms with Gasteiger partial charge in [-0.1, -0.05) is 30.9 Å². The minimum Gasteiger partial charge on any atom is -0.490 e. The highest BCUT2D eigenvalue weighted by Gasteiger charge is 2.23. The van der Waals surface area contributed by atoms with Crippen LogP contribution in [0.4, 0.5) is 0 Å². The lowest BCUT2D eigenvalue weighted by molar-refractivity contribution is 0.262. The summed E-state index contributed by atoms with van der Waals surface area (Å²) in [5, 5.41) is 0. The zero-order chi connectivity index (χ0) is 9.10. The maximum atomic E-state index is 5.56. The first-order valence-corrected chi connectivity index (χ1v) is 4.36. The molecule has 1 aromatic carbocycles. The van der Waals surface area contributed by atoms with Crippen molar-refractivity contribution in [2.24, 2.45) is 0 Å². The Labute approximate surface area is 77.8 Å². The third kappa shape index (κ3) is 2.10. The summed E-state index contributed by atoms with van der Waals surface area (Å²) in [6.45, 7) is 5.20. The second-order valence-corrected chi connectivity index (χ2v) is 3.01. The van der Waals surface area contributed by atoms with Crippen LogP contribution in [-0.4, -0.2) is 19.3 Å². The monoisotopic (exact) mass is 176 g/mol. The Morgan fingerprint density at radius 2 is 2.31 bits per heavy atom. The van der Waals surface area contributed by atoms with Gasteiger partial charge in [0, 0.05) is 5.56 Å². The van der Waals surface area contributed by atoms with Gasteiger partial charge in [0.25, 0.3) is 0 Å². The molecule has 0 amide bonds. The highest BCUT2D eigenvalue weighted by molar-refractivity contribution is 5.55. The smallest absolute Gasteiger partial charge is 0.126 e. The molecule has 1 aliphatic heterocycles. The molecule has 0 spiro atoms. The van der Waals surface area contributed by atoms with Crippen molar-refractivity contribution in [2.45, 2.75) is 6.10 Å². The van der Waals surface area contributed by atoms with E-state index in [0.717, 1.165) is 17.9 Å². The normalized spacial score (nSPS) is 19.5. The molecule has 1 saturated heterocycles. The summed E-state index contributed by atoms with van der Waals surface area (Å²) in [5.74, 6) is 0.882. The van der Waals surface area contributed by atoms with Crippen molar-refractivity contribution in [1.82, 2.24) is 0 Å². The Morgan fingerprint density at radius 1 is 1.54 bits per heavy atom. The van der Waals surface area contributed by atoms with E-state index < -0.39 is 0 Å². The fraction of sp³-hybridized carbons (Fsp3) is 0.273. The third-order valence-corrected chi connectivity index (χ3v) is 1.97. The average Bonchev–Trinajstić information content (AvgIpc) is 2.99. The van der Waals surface area contributed by atoms with Gasteiger partial charge in [0.1, 0.15) is 18.5 Å². The van der Waals surface area contributed by atoms with Gasteiger partial charge >= 0.3 is 0 Å². The standard InChI is InChI=1S/C11H12O2/c1-2-9-5-3-4-6-11(9)13-8-10-7-12-10/h2-6,10H,1,7-8H2. The quantitative estimate of drug-likeness (QED) is 0.655. The maximum Gasteiger partial charge on any atom is 0.126 e. The molecule has 1 fully saturated rings. The Balaban J connectivity index is 2.03. The number of hydrogen-bond donors (Lipinski definition) is 0. The number of benzene rings is 1. The number of hydrogen-bond acceptors (Lipinski definition) is 2. The predicted molar refractivity (Wildman–Crippen MR) is 51.8 cm³/mol. The molecule has 1 aliphatic rings. The second kappa shape index (κ2) is 3.62. The SMILES string of the molecule is C=Cc1ccccc1OCC1CO1. The van der Waals surface area contributed by atoms with Crippen LogP contribution in [0.3, 0.4) is 0 Å². The molecule has 1 unspecified atom stereocenters.